The van der Waals surface area contributed by atoms with E-state index < -0.39 is 0 Å². The third-order valence-electron chi connectivity index (χ3n) is 5.87. The van der Waals surface area contributed by atoms with Crippen molar-refractivity contribution in [2.24, 2.45) is 5.92 Å². The number of likely N-dealkylation sites (tertiary alicyclic amines) is 1. The molecule has 1 atom stereocenters. The van der Waals surface area contributed by atoms with E-state index in [4.69, 9.17) is 0 Å². The summed E-state index contributed by atoms with van der Waals surface area (Å²) in [4.78, 5) is 23.1. The Labute approximate surface area is 172 Å². The quantitative estimate of drug-likeness (QED) is 0.643. The van der Waals surface area contributed by atoms with E-state index in [0.717, 1.165) is 62.2 Å². The number of H-pyrrole nitrogens is 1. The van der Waals surface area contributed by atoms with Crippen LogP contribution in [0.4, 0.5) is 0 Å². The van der Waals surface area contributed by atoms with Gasteiger partial charge in [-0.05, 0) is 63.4 Å². The SMILES string of the molecule is CC(CCc1ccccc1)NC(=O)C1CCN(Cc2nc3ccccc3[nH]2)CC1. The summed E-state index contributed by atoms with van der Waals surface area (Å²) < 4.78 is 0. The molecule has 0 saturated carbocycles. The Morgan fingerprint density at radius 3 is 2.62 bits per heavy atom. The Bertz CT molecular complexity index is 895. The number of aromatic amines is 1. The molecule has 0 radical (unpaired) electrons. The van der Waals surface area contributed by atoms with Crippen molar-refractivity contribution in [1.82, 2.24) is 20.2 Å². The molecule has 5 nitrogen and oxygen atoms in total. The minimum absolute atomic E-state index is 0.126. The summed E-state index contributed by atoms with van der Waals surface area (Å²) in [5.41, 5.74) is 3.43. The van der Waals surface area contributed by atoms with Crippen LogP contribution in [0.25, 0.3) is 11.0 Å². The van der Waals surface area contributed by atoms with Crippen molar-refractivity contribution in [2.75, 3.05) is 13.1 Å². The molecule has 1 unspecified atom stereocenters. The van der Waals surface area contributed by atoms with Crippen LogP contribution in [0.2, 0.25) is 0 Å². The van der Waals surface area contributed by atoms with E-state index in [1.165, 1.54) is 5.56 Å². The van der Waals surface area contributed by atoms with Gasteiger partial charge < -0.3 is 10.3 Å². The minimum atomic E-state index is 0.126. The number of piperidine rings is 1. The van der Waals surface area contributed by atoms with Gasteiger partial charge in [-0.3, -0.25) is 9.69 Å². The van der Waals surface area contributed by atoms with Crippen molar-refractivity contribution in [2.45, 2.75) is 45.2 Å². The lowest BCUT2D eigenvalue weighted by Gasteiger charge is -2.31. The van der Waals surface area contributed by atoms with Crippen molar-refractivity contribution >= 4 is 16.9 Å². The van der Waals surface area contributed by atoms with Gasteiger partial charge in [0.15, 0.2) is 0 Å². The fraction of sp³-hybridized carbons (Fsp3) is 0.417. The zero-order valence-corrected chi connectivity index (χ0v) is 17.1. The van der Waals surface area contributed by atoms with Gasteiger partial charge in [0.1, 0.15) is 5.82 Å². The number of hydrogen-bond acceptors (Lipinski definition) is 3. The number of carbonyl (C=O) groups is 1. The summed E-state index contributed by atoms with van der Waals surface area (Å²) in [6.45, 7) is 4.80. The molecule has 5 heteroatoms. The number of amides is 1. The van der Waals surface area contributed by atoms with E-state index in [2.05, 4.69) is 57.4 Å². The molecule has 2 heterocycles. The Morgan fingerprint density at radius 2 is 1.86 bits per heavy atom. The lowest BCUT2D eigenvalue weighted by Crippen LogP contribution is -2.43. The summed E-state index contributed by atoms with van der Waals surface area (Å²) in [6, 6.07) is 18.8. The molecule has 1 aliphatic heterocycles. The number of aryl methyl sites for hydroxylation is 1. The standard InChI is InChI=1S/C24H30N4O/c1-18(11-12-19-7-3-2-4-8-19)25-24(29)20-13-15-28(16-14-20)17-23-26-21-9-5-6-10-22(21)27-23/h2-10,18,20H,11-17H2,1H3,(H,25,29)(H,26,27). The van der Waals surface area contributed by atoms with Crippen LogP contribution < -0.4 is 5.32 Å². The van der Waals surface area contributed by atoms with E-state index in [1.807, 2.05) is 24.3 Å². The number of carbonyl (C=O) groups excluding carboxylic acids is 1. The van der Waals surface area contributed by atoms with Gasteiger partial charge in [-0.2, -0.15) is 0 Å². The van der Waals surface area contributed by atoms with Gasteiger partial charge in [0.2, 0.25) is 5.91 Å². The Morgan fingerprint density at radius 1 is 1.14 bits per heavy atom. The molecule has 3 aromatic rings. The highest BCUT2D eigenvalue weighted by atomic mass is 16.1. The number of imidazole rings is 1. The molecule has 0 spiro atoms. The Hall–Kier alpha value is -2.66. The first-order chi connectivity index (χ1) is 14.2. The first-order valence-corrected chi connectivity index (χ1v) is 10.7. The van der Waals surface area contributed by atoms with Crippen molar-refractivity contribution in [3.63, 3.8) is 0 Å². The monoisotopic (exact) mass is 390 g/mol. The Balaban J connectivity index is 1.21. The highest BCUT2D eigenvalue weighted by molar-refractivity contribution is 5.79. The topological polar surface area (TPSA) is 61.0 Å². The molecule has 0 bridgehead atoms. The van der Waals surface area contributed by atoms with E-state index in [1.54, 1.807) is 0 Å². The number of rotatable bonds is 7. The molecule has 1 aliphatic rings. The maximum Gasteiger partial charge on any atom is 0.223 e. The van der Waals surface area contributed by atoms with Crippen molar-refractivity contribution in [3.8, 4) is 0 Å². The summed E-state index contributed by atoms with van der Waals surface area (Å²) in [5, 5.41) is 3.23. The molecule has 1 amide bonds. The molecule has 29 heavy (non-hydrogen) atoms. The summed E-state index contributed by atoms with van der Waals surface area (Å²) >= 11 is 0. The summed E-state index contributed by atoms with van der Waals surface area (Å²) in [5.74, 6) is 1.35. The van der Waals surface area contributed by atoms with Crippen LogP contribution in [-0.2, 0) is 17.8 Å². The van der Waals surface area contributed by atoms with Crippen LogP contribution in [0.15, 0.2) is 54.6 Å². The molecular formula is C24H30N4O. The molecule has 1 fully saturated rings. The largest absolute Gasteiger partial charge is 0.353 e. The number of aromatic nitrogens is 2. The van der Waals surface area contributed by atoms with E-state index in [-0.39, 0.29) is 17.9 Å². The lowest BCUT2D eigenvalue weighted by atomic mass is 9.95. The average molecular weight is 391 g/mol. The van der Waals surface area contributed by atoms with Gasteiger partial charge in [0.25, 0.3) is 0 Å². The molecule has 1 aromatic heterocycles. The maximum atomic E-state index is 12.7. The zero-order chi connectivity index (χ0) is 20.1. The van der Waals surface area contributed by atoms with Gasteiger partial charge >= 0.3 is 0 Å². The molecule has 2 N–H and O–H groups in total. The fourth-order valence-corrected chi connectivity index (χ4v) is 4.11. The van der Waals surface area contributed by atoms with Crippen LogP contribution in [0.1, 0.15) is 37.6 Å². The highest BCUT2D eigenvalue weighted by Gasteiger charge is 2.26. The maximum absolute atomic E-state index is 12.7. The predicted molar refractivity (Wildman–Crippen MR) is 116 cm³/mol. The molecule has 2 aromatic carbocycles. The summed E-state index contributed by atoms with van der Waals surface area (Å²) in [7, 11) is 0. The second-order valence-corrected chi connectivity index (χ2v) is 8.18. The molecule has 152 valence electrons. The smallest absolute Gasteiger partial charge is 0.223 e. The van der Waals surface area contributed by atoms with Crippen LogP contribution in [0.3, 0.4) is 0 Å². The van der Waals surface area contributed by atoms with Crippen molar-refractivity contribution < 1.29 is 4.79 Å². The molecule has 4 rings (SSSR count). The fourth-order valence-electron chi connectivity index (χ4n) is 4.11. The first kappa shape index (κ1) is 19.6. The van der Waals surface area contributed by atoms with Crippen LogP contribution in [0, 0.1) is 5.92 Å². The number of para-hydroxylation sites is 2. The van der Waals surface area contributed by atoms with Crippen molar-refractivity contribution in [1.29, 1.82) is 0 Å². The number of benzene rings is 2. The van der Waals surface area contributed by atoms with E-state index in [0.29, 0.717) is 0 Å². The normalized spacial score (nSPS) is 16.7. The van der Waals surface area contributed by atoms with Crippen LogP contribution in [-0.4, -0.2) is 39.9 Å². The molecule has 0 aliphatic carbocycles. The second-order valence-electron chi connectivity index (χ2n) is 8.18. The van der Waals surface area contributed by atoms with Gasteiger partial charge in [0.05, 0.1) is 17.6 Å². The third-order valence-corrected chi connectivity index (χ3v) is 5.87. The van der Waals surface area contributed by atoms with E-state index in [9.17, 15) is 4.79 Å². The van der Waals surface area contributed by atoms with Crippen LogP contribution >= 0.6 is 0 Å². The molecular weight excluding hydrogens is 360 g/mol. The first-order valence-electron chi connectivity index (χ1n) is 10.7. The number of hydrogen-bond donors (Lipinski definition) is 2. The van der Waals surface area contributed by atoms with Gasteiger partial charge in [0, 0.05) is 12.0 Å². The minimum Gasteiger partial charge on any atom is -0.353 e. The number of nitrogens with one attached hydrogen (secondary N) is 2. The van der Waals surface area contributed by atoms with Crippen LogP contribution in [0.5, 0.6) is 0 Å². The Kier molecular flexibility index (Phi) is 6.25. The number of nitrogens with zero attached hydrogens (tertiary/aromatic N) is 2. The summed E-state index contributed by atoms with van der Waals surface area (Å²) in [6.07, 6.45) is 3.80. The van der Waals surface area contributed by atoms with Crippen molar-refractivity contribution in [3.05, 3.63) is 66.0 Å². The second kappa shape index (κ2) is 9.23. The van der Waals surface area contributed by atoms with Gasteiger partial charge in [-0.1, -0.05) is 42.5 Å². The average Bonchev–Trinajstić information content (AvgIpc) is 3.16. The lowest BCUT2D eigenvalue weighted by molar-refractivity contribution is -0.127. The van der Waals surface area contributed by atoms with Gasteiger partial charge in [-0.25, -0.2) is 4.98 Å². The zero-order valence-electron chi connectivity index (χ0n) is 17.1. The number of fused-ring (bicyclic) bond motifs is 1. The molecule has 1 saturated heterocycles. The third kappa shape index (κ3) is 5.24. The van der Waals surface area contributed by atoms with E-state index >= 15 is 0 Å². The highest BCUT2D eigenvalue weighted by Crippen LogP contribution is 2.20. The van der Waals surface area contributed by atoms with Gasteiger partial charge in [-0.15, -0.1) is 0 Å². The predicted octanol–water partition coefficient (Wildman–Crippen LogP) is 3.91.